The van der Waals surface area contributed by atoms with E-state index in [1.165, 1.54) is 0 Å². The summed E-state index contributed by atoms with van der Waals surface area (Å²) in [6.07, 6.45) is 2.49. The third-order valence-electron chi connectivity index (χ3n) is 5.28. The second-order valence-electron chi connectivity index (χ2n) is 7.25. The highest BCUT2D eigenvalue weighted by Gasteiger charge is 2.33. The number of aliphatic hydroxyl groups is 1. The lowest BCUT2D eigenvalue weighted by molar-refractivity contribution is 0.0735. The predicted octanol–water partition coefficient (Wildman–Crippen LogP) is 2.25. The number of nitrogens with zero attached hydrogens (tertiary/aromatic N) is 4. The SMILES string of the molecule is O=C(c1nc2ccccc2[nH]1)N1CCCn2nc(C(O)C3CC3)cc2C1. The van der Waals surface area contributed by atoms with Crippen LogP contribution in [0.15, 0.2) is 30.3 Å². The zero-order valence-electron chi connectivity index (χ0n) is 14.4. The average molecular weight is 351 g/mol. The summed E-state index contributed by atoms with van der Waals surface area (Å²) in [6, 6.07) is 9.60. The van der Waals surface area contributed by atoms with Crippen molar-refractivity contribution in [2.24, 2.45) is 5.92 Å². The Morgan fingerprint density at radius 3 is 2.92 bits per heavy atom. The molecule has 2 aromatic heterocycles. The molecular weight excluding hydrogens is 330 g/mol. The molecule has 1 aliphatic heterocycles. The summed E-state index contributed by atoms with van der Waals surface area (Å²) in [5.74, 6) is 0.625. The van der Waals surface area contributed by atoms with Crippen molar-refractivity contribution in [3.63, 3.8) is 0 Å². The summed E-state index contributed by atoms with van der Waals surface area (Å²) in [7, 11) is 0. The van der Waals surface area contributed by atoms with Gasteiger partial charge in [-0.3, -0.25) is 9.48 Å². The minimum absolute atomic E-state index is 0.0971. The number of rotatable bonds is 3. The average Bonchev–Trinajstić information content (AvgIpc) is 3.34. The van der Waals surface area contributed by atoms with Crippen LogP contribution in [0.1, 0.15) is 47.4 Å². The minimum Gasteiger partial charge on any atom is -0.386 e. The van der Waals surface area contributed by atoms with Gasteiger partial charge >= 0.3 is 0 Å². The molecule has 2 aliphatic rings. The van der Waals surface area contributed by atoms with Gasteiger partial charge in [0, 0.05) is 13.1 Å². The molecule has 0 bridgehead atoms. The van der Waals surface area contributed by atoms with Crippen molar-refractivity contribution in [2.75, 3.05) is 6.54 Å². The second kappa shape index (κ2) is 5.95. The number of hydrogen-bond acceptors (Lipinski definition) is 4. The molecule has 26 heavy (non-hydrogen) atoms. The summed E-state index contributed by atoms with van der Waals surface area (Å²) >= 11 is 0. The van der Waals surface area contributed by atoms with Gasteiger partial charge in [0.05, 0.1) is 29.0 Å². The number of benzene rings is 1. The maximum Gasteiger partial charge on any atom is 0.290 e. The van der Waals surface area contributed by atoms with Crippen LogP contribution < -0.4 is 0 Å². The summed E-state index contributed by atoms with van der Waals surface area (Å²) in [5.41, 5.74) is 3.37. The fraction of sp³-hybridized carbons (Fsp3) is 0.421. The molecule has 1 amide bonds. The number of carbonyl (C=O) groups excluding carboxylic acids is 1. The molecule has 3 aromatic rings. The number of H-pyrrole nitrogens is 1. The van der Waals surface area contributed by atoms with Crippen molar-refractivity contribution < 1.29 is 9.90 Å². The zero-order chi connectivity index (χ0) is 17.7. The minimum atomic E-state index is -0.478. The predicted molar refractivity (Wildman–Crippen MR) is 95.4 cm³/mol. The van der Waals surface area contributed by atoms with E-state index in [1.807, 2.05) is 39.9 Å². The number of aryl methyl sites for hydroxylation is 1. The van der Waals surface area contributed by atoms with E-state index in [-0.39, 0.29) is 5.91 Å². The molecule has 7 heteroatoms. The molecule has 0 saturated heterocycles. The van der Waals surface area contributed by atoms with Crippen LogP contribution in [-0.4, -0.2) is 42.2 Å². The first kappa shape index (κ1) is 15.6. The van der Waals surface area contributed by atoms with Gasteiger partial charge in [-0.2, -0.15) is 5.10 Å². The maximum absolute atomic E-state index is 12.9. The Bertz CT molecular complexity index is 938. The fourth-order valence-electron chi connectivity index (χ4n) is 3.66. The Morgan fingerprint density at radius 1 is 1.27 bits per heavy atom. The third-order valence-corrected chi connectivity index (χ3v) is 5.28. The van der Waals surface area contributed by atoms with Gasteiger partial charge in [-0.05, 0) is 43.4 Å². The number of imidazole rings is 1. The largest absolute Gasteiger partial charge is 0.386 e. The van der Waals surface area contributed by atoms with Crippen LogP contribution >= 0.6 is 0 Å². The lowest BCUT2D eigenvalue weighted by atomic mass is 10.1. The molecule has 1 aliphatic carbocycles. The number of carbonyl (C=O) groups is 1. The molecule has 0 radical (unpaired) electrons. The quantitative estimate of drug-likeness (QED) is 0.758. The van der Waals surface area contributed by atoms with Crippen LogP contribution in [0.2, 0.25) is 0 Å². The number of fused-ring (bicyclic) bond motifs is 2. The first-order valence-electron chi connectivity index (χ1n) is 9.18. The molecular formula is C19H21N5O2. The van der Waals surface area contributed by atoms with Crippen LogP contribution in [0.3, 0.4) is 0 Å². The summed E-state index contributed by atoms with van der Waals surface area (Å²) in [5, 5.41) is 14.9. The van der Waals surface area contributed by atoms with E-state index in [0.29, 0.717) is 24.8 Å². The van der Waals surface area contributed by atoms with Gasteiger partial charge in [-0.15, -0.1) is 0 Å². The molecule has 3 heterocycles. The lowest BCUT2D eigenvalue weighted by Crippen LogP contribution is -2.31. The maximum atomic E-state index is 12.9. The Balaban J connectivity index is 1.40. The topological polar surface area (TPSA) is 87.0 Å². The number of aromatic amines is 1. The van der Waals surface area contributed by atoms with Crippen LogP contribution in [0, 0.1) is 5.92 Å². The van der Waals surface area contributed by atoms with E-state index in [9.17, 15) is 9.90 Å². The summed E-state index contributed by atoms with van der Waals surface area (Å²) in [6.45, 7) is 1.91. The lowest BCUT2D eigenvalue weighted by Gasteiger charge is -2.18. The Hall–Kier alpha value is -2.67. The number of amides is 1. The highest BCUT2D eigenvalue weighted by Crippen LogP contribution is 2.40. The number of aliphatic hydroxyl groups excluding tert-OH is 1. The van der Waals surface area contributed by atoms with Gasteiger partial charge in [0.1, 0.15) is 6.10 Å². The Kier molecular flexibility index (Phi) is 3.56. The van der Waals surface area contributed by atoms with Crippen molar-refractivity contribution in [3.8, 4) is 0 Å². The molecule has 1 saturated carbocycles. The normalized spacial score (nSPS) is 18.6. The van der Waals surface area contributed by atoms with E-state index in [1.54, 1.807) is 0 Å². The van der Waals surface area contributed by atoms with E-state index in [0.717, 1.165) is 48.2 Å². The molecule has 1 atom stereocenters. The summed E-state index contributed by atoms with van der Waals surface area (Å²) < 4.78 is 1.94. The molecule has 2 N–H and O–H groups in total. The van der Waals surface area contributed by atoms with Gasteiger partial charge < -0.3 is 15.0 Å². The molecule has 134 valence electrons. The van der Waals surface area contributed by atoms with Crippen molar-refractivity contribution >= 4 is 16.9 Å². The number of para-hydroxylation sites is 2. The van der Waals surface area contributed by atoms with Gasteiger partial charge in [-0.1, -0.05) is 12.1 Å². The number of nitrogens with one attached hydrogen (secondary N) is 1. The van der Waals surface area contributed by atoms with Crippen molar-refractivity contribution in [1.29, 1.82) is 0 Å². The number of hydrogen-bond donors (Lipinski definition) is 2. The first-order valence-corrected chi connectivity index (χ1v) is 9.18. The molecule has 1 aromatic carbocycles. The van der Waals surface area contributed by atoms with Gasteiger partial charge in [0.2, 0.25) is 0 Å². The van der Waals surface area contributed by atoms with Gasteiger partial charge in [-0.25, -0.2) is 4.98 Å². The van der Waals surface area contributed by atoms with Crippen LogP contribution in [0.5, 0.6) is 0 Å². The van der Waals surface area contributed by atoms with E-state index < -0.39 is 6.10 Å². The van der Waals surface area contributed by atoms with Gasteiger partial charge in [0.25, 0.3) is 5.91 Å². The second-order valence-corrected chi connectivity index (χ2v) is 7.25. The van der Waals surface area contributed by atoms with Crippen LogP contribution in [-0.2, 0) is 13.1 Å². The zero-order valence-corrected chi connectivity index (χ0v) is 14.4. The van der Waals surface area contributed by atoms with E-state index >= 15 is 0 Å². The molecule has 0 spiro atoms. The highest BCUT2D eigenvalue weighted by molar-refractivity contribution is 5.94. The van der Waals surface area contributed by atoms with Gasteiger partial charge in [0.15, 0.2) is 5.82 Å². The Morgan fingerprint density at radius 2 is 2.12 bits per heavy atom. The van der Waals surface area contributed by atoms with Crippen LogP contribution in [0.4, 0.5) is 0 Å². The molecule has 1 fully saturated rings. The fourth-order valence-corrected chi connectivity index (χ4v) is 3.66. The Labute approximate surface area is 150 Å². The first-order chi connectivity index (χ1) is 12.7. The molecule has 5 rings (SSSR count). The van der Waals surface area contributed by atoms with Crippen molar-refractivity contribution in [1.82, 2.24) is 24.6 Å². The van der Waals surface area contributed by atoms with Crippen LogP contribution in [0.25, 0.3) is 11.0 Å². The smallest absolute Gasteiger partial charge is 0.290 e. The highest BCUT2D eigenvalue weighted by atomic mass is 16.3. The number of aromatic nitrogens is 4. The molecule has 7 nitrogen and oxygen atoms in total. The third kappa shape index (κ3) is 2.68. The van der Waals surface area contributed by atoms with E-state index in [4.69, 9.17) is 0 Å². The van der Waals surface area contributed by atoms with E-state index in [2.05, 4.69) is 15.1 Å². The van der Waals surface area contributed by atoms with Crippen molar-refractivity contribution in [2.45, 2.75) is 38.5 Å². The van der Waals surface area contributed by atoms with Crippen molar-refractivity contribution in [3.05, 3.63) is 47.5 Å². The summed E-state index contributed by atoms with van der Waals surface area (Å²) in [4.78, 5) is 22.3. The monoisotopic (exact) mass is 351 g/mol. The molecule has 1 unspecified atom stereocenters. The standard InChI is InChI=1S/C19H21N5O2/c25-17(12-6-7-12)16-10-13-11-23(8-3-9-24(13)22-16)19(26)18-20-14-4-1-2-5-15(14)21-18/h1-2,4-5,10,12,17,25H,3,6-9,11H2,(H,20,21).